The summed E-state index contributed by atoms with van der Waals surface area (Å²) in [5, 5.41) is 5.94. The summed E-state index contributed by atoms with van der Waals surface area (Å²) in [5.74, 6) is 1.30. The van der Waals surface area contributed by atoms with Gasteiger partial charge in [-0.25, -0.2) is 9.38 Å². The predicted molar refractivity (Wildman–Crippen MR) is 120 cm³/mol. The van der Waals surface area contributed by atoms with Crippen LogP contribution in [0, 0.1) is 5.82 Å². The van der Waals surface area contributed by atoms with Gasteiger partial charge in [0.15, 0.2) is 24.1 Å². The molecule has 0 fully saturated rings. The molecule has 0 unspecified atom stereocenters. The maximum absolute atomic E-state index is 13.5. The number of hydrogen-bond acceptors (Lipinski definition) is 4. The number of carbonyl (C=O) groups excluding carboxylic acids is 1. The molecule has 0 atom stereocenters. The van der Waals surface area contributed by atoms with E-state index in [9.17, 15) is 9.18 Å². The van der Waals surface area contributed by atoms with E-state index < -0.39 is 0 Å². The fourth-order valence-electron chi connectivity index (χ4n) is 2.94. The average molecular weight is 431 g/mol. The molecule has 2 rings (SSSR count). The van der Waals surface area contributed by atoms with Gasteiger partial charge in [-0.2, -0.15) is 0 Å². The molecule has 0 aromatic heterocycles. The van der Waals surface area contributed by atoms with Gasteiger partial charge in [0, 0.05) is 26.7 Å². The minimum atomic E-state index is -0.255. The predicted octanol–water partition coefficient (Wildman–Crippen LogP) is 2.95. The molecule has 0 aliphatic rings. The first-order valence-corrected chi connectivity index (χ1v) is 10.3. The molecule has 0 radical (unpaired) electrons. The van der Waals surface area contributed by atoms with Crippen LogP contribution < -0.4 is 20.1 Å². The molecule has 31 heavy (non-hydrogen) atoms. The molecule has 1 amide bonds. The lowest BCUT2D eigenvalue weighted by Gasteiger charge is -2.22. The highest BCUT2D eigenvalue weighted by atomic mass is 19.1. The van der Waals surface area contributed by atoms with Crippen molar-refractivity contribution in [2.45, 2.75) is 26.9 Å². The number of carbonyl (C=O) groups is 1. The van der Waals surface area contributed by atoms with E-state index >= 15 is 0 Å². The first-order valence-electron chi connectivity index (χ1n) is 10.3. The summed E-state index contributed by atoms with van der Waals surface area (Å²) in [6.07, 6.45) is 0. The van der Waals surface area contributed by atoms with Crippen molar-refractivity contribution in [3.05, 3.63) is 59.4 Å². The topological polar surface area (TPSA) is 75.2 Å². The number of benzene rings is 2. The summed E-state index contributed by atoms with van der Waals surface area (Å²) in [6, 6.07) is 12.0. The summed E-state index contributed by atoms with van der Waals surface area (Å²) in [5.41, 5.74) is 1.79. The second-order valence-corrected chi connectivity index (χ2v) is 6.88. The Balaban J connectivity index is 2.07. The Morgan fingerprint density at radius 2 is 1.84 bits per heavy atom. The summed E-state index contributed by atoms with van der Waals surface area (Å²) in [6.45, 7) is 5.99. The van der Waals surface area contributed by atoms with Gasteiger partial charge in [0.25, 0.3) is 5.91 Å². The van der Waals surface area contributed by atoms with Crippen molar-refractivity contribution in [2.24, 2.45) is 4.99 Å². The summed E-state index contributed by atoms with van der Waals surface area (Å²) in [7, 11) is 3.46. The first kappa shape index (κ1) is 24.0. The normalized spacial score (nSPS) is 11.1. The van der Waals surface area contributed by atoms with Crippen molar-refractivity contribution in [3.8, 4) is 11.5 Å². The molecular weight excluding hydrogens is 399 g/mol. The van der Waals surface area contributed by atoms with Crippen molar-refractivity contribution >= 4 is 11.9 Å². The van der Waals surface area contributed by atoms with Gasteiger partial charge >= 0.3 is 0 Å². The van der Waals surface area contributed by atoms with Crippen LogP contribution in [0.3, 0.4) is 0 Å². The van der Waals surface area contributed by atoms with Crippen LogP contribution in [-0.4, -0.2) is 50.6 Å². The molecule has 0 aliphatic heterocycles. The van der Waals surface area contributed by atoms with Gasteiger partial charge in [-0.3, -0.25) is 4.79 Å². The lowest BCUT2D eigenvalue weighted by atomic mass is 10.2. The number of rotatable bonds is 10. The van der Waals surface area contributed by atoms with E-state index in [1.807, 2.05) is 44.0 Å². The van der Waals surface area contributed by atoms with E-state index in [1.54, 1.807) is 19.2 Å². The van der Waals surface area contributed by atoms with E-state index in [2.05, 4.69) is 15.6 Å². The van der Waals surface area contributed by atoms with Gasteiger partial charge in [0.2, 0.25) is 0 Å². The Morgan fingerprint density at radius 1 is 1.06 bits per heavy atom. The van der Waals surface area contributed by atoms with Crippen LogP contribution in [0.2, 0.25) is 0 Å². The van der Waals surface area contributed by atoms with Crippen molar-refractivity contribution in [1.82, 2.24) is 15.5 Å². The van der Waals surface area contributed by atoms with Crippen LogP contribution >= 0.6 is 0 Å². The second-order valence-electron chi connectivity index (χ2n) is 6.88. The molecule has 7 nitrogen and oxygen atoms in total. The highest BCUT2D eigenvalue weighted by molar-refractivity contribution is 5.79. The highest BCUT2D eigenvalue weighted by Crippen LogP contribution is 2.28. The number of hydrogen-bond donors (Lipinski definition) is 2. The molecule has 2 N–H and O–H groups in total. The maximum atomic E-state index is 13.5. The van der Waals surface area contributed by atoms with Crippen molar-refractivity contribution < 1.29 is 18.7 Å². The number of likely N-dealkylation sites (N-methyl/N-ethyl adjacent to an activating group) is 1. The van der Waals surface area contributed by atoms with Gasteiger partial charge < -0.3 is 25.0 Å². The number of halogens is 1. The van der Waals surface area contributed by atoms with E-state index in [1.165, 1.54) is 12.1 Å². The summed E-state index contributed by atoms with van der Waals surface area (Å²) in [4.78, 5) is 18.2. The maximum Gasteiger partial charge on any atom is 0.257 e. The molecule has 2 aromatic rings. The Morgan fingerprint density at radius 3 is 2.52 bits per heavy atom. The zero-order chi connectivity index (χ0) is 22.6. The molecule has 2 aromatic carbocycles. The van der Waals surface area contributed by atoms with E-state index in [4.69, 9.17) is 9.47 Å². The number of nitrogens with zero attached hydrogens (tertiary/aromatic N) is 2. The van der Waals surface area contributed by atoms with Crippen molar-refractivity contribution in [2.75, 3.05) is 33.9 Å². The minimum Gasteiger partial charge on any atom is -0.493 e. The Bertz CT molecular complexity index is 889. The number of guanidine groups is 1. The number of aliphatic imine (C=N–C) groups is 1. The van der Waals surface area contributed by atoms with Gasteiger partial charge in [0.1, 0.15) is 5.82 Å². The zero-order valence-corrected chi connectivity index (χ0v) is 18.6. The smallest absolute Gasteiger partial charge is 0.257 e. The van der Waals surface area contributed by atoms with Crippen LogP contribution in [0.15, 0.2) is 47.5 Å². The molecule has 0 spiro atoms. The van der Waals surface area contributed by atoms with Gasteiger partial charge in [-0.1, -0.05) is 18.2 Å². The van der Waals surface area contributed by atoms with Crippen LogP contribution in [0.1, 0.15) is 25.0 Å². The Kier molecular flexibility index (Phi) is 9.61. The number of nitrogens with one attached hydrogen (secondary N) is 2. The third kappa shape index (κ3) is 7.81. The van der Waals surface area contributed by atoms with E-state index in [0.717, 1.165) is 11.1 Å². The molecule has 0 heterocycles. The van der Waals surface area contributed by atoms with Gasteiger partial charge in [-0.15, -0.1) is 0 Å². The van der Waals surface area contributed by atoms with Gasteiger partial charge in [-0.05, 0) is 49.2 Å². The highest BCUT2D eigenvalue weighted by Gasteiger charge is 2.10. The van der Waals surface area contributed by atoms with Crippen molar-refractivity contribution in [1.29, 1.82) is 0 Å². The molecule has 168 valence electrons. The largest absolute Gasteiger partial charge is 0.493 e. The fraction of sp³-hybridized carbons (Fsp3) is 0.391. The Labute approximate surface area is 183 Å². The van der Waals surface area contributed by atoms with E-state index in [-0.39, 0.29) is 18.3 Å². The molecular formula is C23H31FN4O3. The molecule has 0 bridgehead atoms. The monoisotopic (exact) mass is 430 g/mol. The fourth-order valence-corrected chi connectivity index (χ4v) is 2.94. The summed E-state index contributed by atoms with van der Waals surface area (Å²) < 4.78 is 24.4. The quantitative estimate of drug-likeness (QED) is 0.448. The van der Waals surface area contributed by atoms with Crippen LogP contribution in [0.5, 0.6) is 11.5 Å². The number of amides is 1. The molecule has 0 saturated carbocycles. The Hall–Kier alpha value is -3.29. The first-order chi connectivity index (χ1) is 15.0. The lowest BCUT2D eigenvalue weighted by molar-refractivity contribution is -0.123. The van der Waals surface area contributed by atoms with Crippen LogP contribution in [0.4, 0.5) is 4.39 Å². The van der Waals surface area contributed by atoms with Gasteiger partial charge in [0.05, 0.1) is 13.7 Å². The third-order valence-electron chi connectivity index (χ3n) is 4.38. The lowest BCUT2D eigenvalue weighted by Crippen LogP contribution is -2.38. The second kappa shape index (κ2) is 12.4. The standard InChI is InChI=1S/C23H31FN4O3/c1-5-25-22(29)16-31-20-11-10-17(13-21(20)30-4)14-27-23(26-6-2)28(3)15-18-8-7-9-19(24)12-18/h7-13H,5-6,14-16H2,1-4H3,(H,25,29)(H,26,27). The number of methoxy groups -OCH3 is 1. The van der Waals surface area contributed by atoms with E-state index in [0.29, 0.717) is 43.6 Å². The SMILES string of the molecule is CCNC(=O)COc1ccc(CN=C(NCC)N(C)Cc2cccc(F)c2)cc1OC. The minimum absolute atomic E-state index is 0.0723. The molecule has 8 heteroatoms. The van der Waals surface area contributed by atoms with Crippen LogP contribution in [-0.2, 0) is 17.9 Å². The third-order valence-corrected chi connectivity index (χ3v) is 4.38. The number of ether oxygens (including phenoxy) is 2. The molecule has 0 saturated heterocycles. The summed E-state index contributed by atoms with van der Waals surface area (Å²) >= 11 is 0. The van der Waals surface area contributed by atoms with Crippen molar-refractivity contribution in [3.63, 3.8) is 0 Å². The van der Waals surface area contributed by atoms with Crippen LogP contribution in [0.25, 0.3) is 0 Å². The molecule has 0 aliphatic carbocycles. The zero-order valence-electron chi connectivity index (χ0n) is 18.6. The average Bonchev–Trinajstić information content (AvgIpc) is 2.75.